The van der Waals surface area contributed by atoms with E-state index in [0.717, 1.165) is 4.90 Å². The number of amides is 2. The van der Waals surface area contributed by atoms with Crippen LogP contribution in [0.5, 0.6) is 0 Å². The van der Waals surface area contributed by atoms with Gasteiger partial charge >= 0.3 is 0 Å². The van der Waals surface area contributed by atoms with Gasteiger partial charge in [-0.1, -0.05) is 36.4 Å². The first-order chi connectivity index (χ1) is 14.3. The molecule has 3 N–H and O–H groups in total. The Labute approximate surface area is 175 Å². The van der Waals surface area contributed by atoms with Gasteiger partial charge in [0.15, 0.2) is 24.7 Å². The third kappa shape index (κ3) is 4.46. The van der Waals surface area contributed by atoms with Crippen molar-refractivity contribution in [1.29, 1.82) is 0 Å². The van der Waals surface area contributed by atoms with Crippen molar-refractivity contribution in [2.24, 2.45) is 0 Å². The predicted octanol–water partition coefficient (Wildman–Crippen LogP) is 0.830. The second kappa shape index (κ2) is 9.00. The molecule has 0 radical (unpaired) electrons. The van der Waals surface area contributed by atoms with Crippen molar-refractivity contribution >= 4 is 29.1 Å². The first-order valence-corrected chi connectivity index (χ1v) is 10.1. The number of quaternary nitrogens is 1. The van der Waals surface area contributed by atoms with E-state index >= 15 is 0 Å². The lowest BCUT2D eigenvalue weighted by Crippen LogP contribution is -3.14. The van der Waals surface area contributed by atoms with Gasteiger partial charge in [0.25, 0.3) is 11.8 Å². The molecule has 7 heteroatoms. The second-order valence-electron chi connectivity index (χ2n) is 7.66. The van der Waals surface area contributed by atoms with Crippen LogP contribution in [0.15, 0.2) is 42.5 Å². The van der Waals surface area contributed by atoms with E-state index in [1.165, 1.54) is 0 Å². The van der Waals surface area contributed by atoms with Crippen LogP contribution < -0.4 is 15.5 Å². The molecule has 0 heterocycles. The minimum atomic E-state index is -0.322. The molecule has 2 aromatic rings. The van der Waals surface area contributed by atoms with E-state index in [-0.39, 0.29) is 53.6 Å². The molecule has 1 aliphatic carbocycles. The van der Waals surface area contributed by atoms with Gasteiger partial charge in [0.05, 0.1) is 17.8 Å². The molecular weight excluding hydrogens is 382 g/mol. The van der Waals surface area contributed by atoms with Crippen molar-refractivity contribution < 1.29 is 24.1 Å². The fourth-order valence-corrected chi connectivity index (χ4v) is 3.58. The van der Waals surface area contributed by atoms with Gasteiger partial charge in [0.2, 0.25) is 0 Å². The van der Waals surface area contributed by atoms with Crippen molar-refractivity contribution in [2.75, 3.05) is 25.0 Å². The molecule has 1 unspecified atom stereocenters. The maximum Gasteiger partial charge on any atom is 0.279 e. The van der Waals surface area contributed by atoms with E-state index in [4.69, 9.17) is 0 Å². The second-order valence-corrected chi connectivity index (χ2v) is 7.66. The molecule has 1 aliphatic rings. The summed E-state index contributed by atoms with van der Waals surface area (Å²) in [7, 11) is 0. The summed E-state index contributed by atoms with van der Waals surface area (Å²) in [6, 6.07) is 11.6. The Morgan fingerprint density at radius 1 is 0.867 bits per heavy atom. The minimum absolute atomic E-state index is 0.0340. The molecule has 1 atom stereocenters. The van der Waals surface area contributed by atoms with Gasteiger partial charge in [0.1, 0.15) is 0 Å². The molecular formula is C23H26N3O4+. The van der Waals surface area contributed by atoms with Gasteiger partial charge in [-0.2, -0.15) is 0 Å². The van der Waals surface area contributed by atoms with E-state index in [0.29, 0.717) is 23.4 Å². The van der Waals surface area contributed by atoms with E-state index in [2.05, 4.69) is 10.6 Å². The monoisotopic (exact) mass is 408 g/mol. The number of anilines is 1. The minimum Gasteiger partial charge on any atom is -0.349 e. The molecule has 7 nitrogen and oxygen atoms in total. The lowest BCUT2D eigenvalue weighted by molar-refractivity contribution is -0.881. The molecule has 0 saturated carbocycles. The lowest BCUT2D eigenvalue weighted by Gasteiger charge is -2.21. The molecule has 0 aromatic heterocycles. The van der Waals surface area contributed by atoms with Crippen LogP contribution in [0.1, 0.15) is 52.6 Å². The molecule has 0 aliphatic heterocycles. The van der Waals surface area contributed by atoms with Crippen LogP contribution in [0, 0.1) is 0 Å². The summed E-state index contributed by atoms with van der Waals surface area (Å²) in [5.41, 5.74) is 1.52. The summed E-state index contributed by atoms with van der Waals surface area (Å²) in [5, 5.41) is 5.58. The number of nitrogens with one attached hydrogen (secondary N) is 3. The number of hydrogen-bond donors (Lipinski definition) is 3. The zero-order valence-electron chi connectivity index (χ0n) is 17.4. The summed E-state index contributed by atoms with van der Waals surface area (Å²) in [5.74, 6) is -0.963. The van der Waals surface area contributed by atoms with E-state index in [9.17, 15) is 19.2 Å². The summed E-state index contributed by atoms with van der Waals surface area (Å²) >= 11 is 0. The largest absolute Gasteiger partial charge is 0.349 e. The number of carbonyl (C=O) groups is 4. The Morgan fingerprint density at radius 3 is 2.10 bits per heavy atom. The highest BCUT2D eigenvalue weighted by atomic mass is 16.2. The maximum absolute atomic E-state index is 13.0. The zero-order valence-corrected chi connectivity index (χ0v) is 17.4. The highest BCUT2D eigenvalue weighted by Gasteiger charge is 2.32. The van der Waals surface area contributed by atoms with Crippen LogP contribution in [-0.2, 0) is 9.59 Å². The van der Waals surface area contributed by atoms with Crippen LogP contribution >= 0.6 is 0 Å². The summed E-state index contributed by atoms with van der Waals surface area (Å²) in [6.07, 6.45) is 0. The molecule has 156 valence electrons. The molecule has 0 fully saturated rings. The highest BCUT2D eigenvalue weighted by Crippen LogP contribution is 2.31. The Morgan fingerprint density at radius 2 is 1.47 bits per heavy atom. The zero-order chi connectivity index (χ0) is 21.8. The Bertz CT molecular complexity index is 1010. The van der Waals surface area contributed by atoms with Gasteiger partial charge in [-0.25, -0.2) is 0 Å². The number of fused-ring (bicyclic) bond motifs is 2. The van der Waals surface area contributed by atoms with Gasteiger partial charge in [-0.3, -0.25) is 19.2 Å². The fraction of sp³-hybridized carbons (Fsp3) is 0.304. The van der Waals surface area contributed by atoms with Crippen molar-refractivity contribution in [3.05, 3.63) is 64.7 Å². The third-order valence-electron chi connectivity index (χ3n) is 5.00. The number of likely N-dealkylation sites (N-methyl/N-ethyl adjacent to an activating group) is 1. The van der Waals surface area contributed by atoms with Crippen LogP contribution in [0.3, 0.4) is 0 Å². The van der Waals surface area contributed by atoms with Crippen LogP contribution in [0.4, 0.5) is 5.69 Å². The maximum atomic E-state index is 13.0. The lowest BCUT2D eigenvalue weighted by atomic mass is 9.83. The fourth-order valence-electron chi connectivity index (χ4n) is 3.58. The summed E-state index contributed by atoms with van der Waals surface area (Å²) < 4.78 is 0. The molecule has 2 aromatic carbocycles. The quantitative estimate of drug-likeness (QED) is 0.540. The topological polar surface area (TPSA) is 96.8 Å². The van der Waals surface area contributed by atoms with Crippen molar-refractivity contribution in [3.63, 3.8) is 0 Å². The van der Waals surface area contributed by atoms with Crippen molar-refractivity contribution in [2.45, 2.75) is 26.8 Å². The number of carbonyl (C=O) groups excluding carboxylic acids is 4. The third-order valence-corrected chi connectivity index (χ3v) is 5.00. The van der Waals surface area contributed by atoms with Crippen molar-refractivity contribution in [1.82, 2.24) is 5.32 Å². The number of ketones is 2. The predicted molar refractivity (Wildman–Crippen MR) is 113 cm³/mol. The highest BCUT2D eigenvalue weighted by molar-refractivity contribution is 6.30. The number of rotatable bonds is 7. The molecule has 0 spiro atoms. The molecule has 30 heavy (non-hydrogen) atoms. The van der Waals surface area contributed by atoms with Crippen molar-refractivity contribution in [3.8, 4) is 0 Å². The Hall–Kier alpha value is -3.32. The van der Waals surface area contributed by atoms with E-state index < -0.39 is 0 Å². The molecule has 0 bridgehead atoms. The van der Waals surface area contributed by atoms with Gasteiger partial charge in [-0.05, 0) is 26.8 Å². The first kappa shape index (κ1) is 21.4. The standard InChI is InChI=1S/C23H25N3O4/c1-4-26(12-19(27)24-14(2)3)13-20(28)25-18-11-7-10-17-21(18)23(30)16-9-6-5-8-15(16)22(17)29/h5-11,14H,4,12-13H2,1-3H3,(H,24,27)(H,25,28)/p+1. The normalized spacial score (nSPS) is 13.5. The van der Waals surface area contributed by atoms with E-state index in [1.54, 1.807) is 42.5 Å². The van der Waals surface area contributed by atoms with Crippen LogP contribution in [0.25, 0.3) is 0 Å². The van der Waals surface area contributed by atoms with Gasteiger partial charge in [0, 0.05) is 22.7 Å². The van der Waals surface area contributed by atoms with Crippen LogP contribution in [0.2, 0.25) is 0 Å². The first-order valence-electron chi connectivity index (χ1n) is 10.1. The number of benzene rings is 2. The van der Waals surface area contributed by atoms with Gasteiger partial charge in [-0.15, -0.1) is 0 Å². The SMILES string of the molecule is CC[NH+](CC(=O)Nc1cccc2c1C(=O)c1ccccc1C2=O)CC(=O)NC(C)C. The average Bonchev–Trinajstić information content (AvgIpc) is 2.70. The Balaban J connectivity index is 1.78. The van der Waals surface area contributed by atoms with E-state index in [1.807, 2.05) is 20.8 Å². The smallest absolute Gasteiger partial charge is 0.279 e. The molecule has 3 rings (SSSR count). The summed E-state index contributed by atoms with van der Waals surface area (Å²) in [4.78, 5) is 51.3. The molecule has 2 amide bonds. The van der Waals surface area contributed by atoms with Gasteiger partial charge < -0.3 is 15.5 Å². The summed E-state index contributed by atoms with van der Waals surface area (Å²) in [6.45, 7) is 6.51. The average molecular weight is 408 g/mol. The molecule has 0 saturated heterocycles. The Kier molecular flexibility index (Phi) is 6.42. The number of hydrogen-bond acceptors (Lipinski definition) is 4. The van der Waals surface area contributed by atoms with Crippen LogP contribution in [-0.4, -0.2) is 49.1 Å².